The molecular formula is C17H17BrFNO. The summed E-state index contributed by atoms with van der Waals surface area (Å²) in [5.74, 6) is -0.470. The molecule has 1 N–H and O–H groups in total. The number of alkyl halides is 1. The summed E-state index contributed by atoms with van der Waals surface area (Å²) in [4.78, 5) is 11.7. The third kappa shape index (κ3) is 4.14. The zero-order chi connectivity index (χ0) is 15.4. The number of hydrogen-bond donors (Lipinski definition) is 1. The van der Waals surface area contributed by atoms with Crippen LogP contribution in [0.1, 0.15) is 16.7 Å². The predicted octanol–water partition coefficient (Wildman–Crippen LogP) is 4.39. The van der Waals surface area contributed by atoms with Crippen LogP contribution >= 0.6 is 15.9 Å². The highest BCUT2D eigenvalue weighted by atomic mass is 79.9. The molecular weight excluding hydrogens is 333 g/mol. The first-order valence-electron chi connectivity index (χ1n) is 6.73. The van der Waals surface area contributed by atoms with Crippen molar-refractivity contribution in [3.8, 4) is 0 Å². The average Bonchev–Trinajstić information content (AvgIpc) is 2.45. The molecule has 0 aliphatic heterocycles. The van der Waals surface area contributed by atoms with E-state index in [0.717, 1.165) is 11.3 Å². The van der Waals surface area contributed by atoms with Gasteiger partial charge in [-0.15, -0.1) is 0 Å². The first-order valence-corrected chi connectivity index (χ1v) is 7.64. The summed E-state index contributed by atoms with van der Waals surface area (Å²) in [7, 11) is 0. The topological polar surface area (TPSA) is 29.1 Å². The van der Waals surface area contributed by atoms with Crippen LogP contribution in [0, 0.1) is 19.7 Å². The fourth-order valence-electron chi connectivity index (χ4n) is 1.99. The molecule has 2 aromatic carbocycles. The average molecular weight is 350 g/mol. The Balaban J connectivity index is 2.02. The normalized spacial score (nSPS) is 12.0. The Labute approximate surface area is 132 Å². The van der Waals surface area contributed by atoms with Crippen molar-refractivity contribution in [2.75, 3.05) is 5.32 Å². The van der Waals surface area contributed by atoms with E-state index in [9.17, 15) is 9.18 Å². The minimum atomic E-state index is -0.476. The largest absolute Gasteiger partial charge is 0.325 e. The van der Waals surface area contributed by atoms with E-state index in [1.807, 2.05) is 32.0 Å². The summed E-state index contributed by atoms with van der Waals surface area (Å²) in [5, 5.41) is 2.84. The van der Waals surface area contributed by atoms with Gasteiger partial charge in [0.15, 0.2) is 0 Å². The number of amides is 1. The van der Waals surface area contributed by atoms with Gasteiger partial charge in [-0.25, -0.2) is 4.39 Å². The third-order valence-corrected chi connectivity index (χ3v) is 4.16. The summed E-state index contributed by atoms with van der Waals surface area (Å²) in [5.41, 5.74) is 3.57. The Bertz CT molecular complexity index is 657. The summed E-state index contributed by atoms with van der Waals surface area (Å²) in [6, 6.07) is 12.2. The molecule has 110 valence electrons. The maximum absolute atomic E-state index is 13.6. The number of halogens is 2. The van der Waals surface area contributed by atoms with E-state index < -0.39 is 4.83 Å². The molecule has 0 aliphatic carbocycles. The maximum Gasteiger partial charge on any atom is 0.238 e. The monoisotopic (exact) mass is 349 g/mol. The van der Waals surface area contributed by atoms with Crippen LogP contribution in [0.5, 0.6) is 0 Å². The van der Waals surface area contributed by atoms with Gasteiger partial charge in [0.05, 0.1) is 4.83 Å². The van der Waals surface area contributed by atoms with Gasteiger partial charge in [0.2, 0.25) is 5.91 Å². The lowest BCUT2D eigenvalue weighted by Crippen LogP contribution is -2.25. The predicted molar refractivity (Wildman–Crippen MR) is 87.4 cm³/mol. The summed E-state index contributed by atoms with van der Waals surface area (Å²) < 4.78 is 13.6. The molecule has 0 heterocycles. The number of rotatable bonds is 4. The molecule has 0 saturated heterocycles. The molecule has 0 spiro atoms. The highest BCUT2D eigenvalue weighted by Gasteiger charge is 2.17. The Morgan fingerprint density at radius 1 is 1.19 bits per heavy atom. The molecule has 2 nitrogen and oxygen atoms in total. The highest BCUT2D eigenvalue weighted by molar-refractivity contribution is 9.10. The van der Waals surface area contributed by atoms with E-state index in [4.69, 9.17) is 0 Å². The standard InChI is InChI=1S/C17H17BrFNO/c1-11-7-8-14(9-12(11)2)20-17(21)15(18)10-13-5-3-4-6-16(13)19/h3-9,15H,10H2,1-2H3,(H,20,21). The number of aryl methyl sites for hydroxylation is 2. The van der Waals surface area contributed by atoms with Gasteiger partial charge in [-0.1, -0.05) is 40.2 Å². The Kier molecular flexibility index (Phi) is 5.12. The fraction of sp³-hybridized carbons (Fsp3) is 0.235. The fourth-order valence-corrected chi connectivity index (χ4v) is 2.45. The molecule has 1 atom stereocenters. The van der Waals surface area contributed by atoms with Crippen LogP contribution in [0.15, 0.2) is 42.5 Å². The Morgan fingerprint density at radius 2 is 1.90 bits per heavy atom. The van der Waals surface area contributed by atoms with Gasteiger partial charge in [-0.2, -0.15) is 0 Å². The molecule has 4 heteroatoms. The number of hydrogen-bond acceptors (Lipinski definition) is 1. The summed E-state index contributed by atoms with van der Waals surface area (Å²) in [6.07, 6.45) is 0.309. The van der Waals surface area contributed by atoms with Crippen molar-refractivity contribution in [3.63, 3.8) is 0 Å². The van der Waals surface area contributed by atoms with E-state index in [1.165, 1.54) is 11.6 Å². The van der Waals surface area contributed by atoms with E-state index in [0.29, 0.717) is 12.0 Å². The number of benzene rings is 2. The molecule has 0 fully saturated rings. The van der Waals surface area contributed by atoms with Crippen molar-refractivity contribution >= 4 is 27.5 Å². The Hall–Kier alpha value is -1.68. The molecule has 0 saturated carbocycles. The smallest absolute Gasteiger partial charge is 0.238 e. The zero-order valence-electron chi connectivity index (χ0n) is 12.0. The van der Waals surface area contributed by atoms with Crippen LogP contribution in [0.25, 0.3) is 0 Å². The van der Waals surface area contributed by atoms with Crippen LogP contribution in [0.3, 0.4) is 0 Å². The minimum absolute atomic E-state index is 0.179. The van der Waals surface area contributed by atoms with E-state index in [1.54, 1.807) is 18.2 Å². The van der Waals surface area contributed by atoms with Crippen molar-refractivity contribution in [2.45, 2.75) is 25.1 Å². The molecule has 2 rings (SSSR count). The van der Waals surface area contributed by atoms with E-state index in [-0.39, 0.29) is 11.7 Å². The van der Waals surface area contributed by atoms with Gasteiger partial charge in [0.1, 0.15) is 5.82 Å². The van der Waals surface area contributed by atoms with Crippen LogP contribution in [0.4, 0.5) is 10.1 Å². The number of carbonyl (C=O) groups excluding carboxylic acids is 1. The van der Waals surface area contributed by atoms with Gasteiger partial charge in [-0.3, -0.25) is 4.79 Å². The Morgan fingerprint density at radius 3 is 2.57 bits per heavy atom. The highest BCUT2D eigenvalue weighted by Crippen LogP contribution is 2.18. The van der Waals surface area contributed by atoms with E-state index >= 15 is 0 Å². The molecule has 2 aromatic rings. The van der Waals surface area contributed by atoms with Crippen LogP contribution in [-0.4, -0.2) is 10.7 Å². The van der Waals surface area contributed by atoms with Crippen molar-refractivity contribution in [1.82, 2.24) is 0 Å². The third-order valence-electron chi connectivity index (χ3n) is 3.42. The van der Waals surface area contributed by atoms with Gasteiger partial charge < -0.3 is 5.32 Å². The van der Waals surface area contributed by atoms with Crippen LogP contribution < -0.4 is 5.32 Å². The lowest BCUT2D eigenvalue weighted by atomic mass is 10.1. The first-order chi connectivity index (χ1) is 9.97. The van der Waals surface area contributed by atoms with Crippen molar-refractivity contribution < 1.29 is 9.18 Å². The maximum atomic E-state index is 13.6. The second-order valence-electron chi connectivity index (χ2n) is 5.05. The minimum Gasteiger partial charge on any atom is -0.325 e. The zero-order valence-corrected chi connectivity index (χ0v) is 13.6. The summed E-state index contributed by atoms with van der Waals surface area (Å²) in [6.45, 7) is 4.02. The summed E-state index contributed by atoms with van der Waals surface area (Å²) >= 11 is 3.33. The molecule has 0 bridgehead atoms. The lowest BCUT2D eigenvalue weighted by Gasteiger charge is -2.12. The quantitative estimate of drug-likeness (QED) is 0.815. The van der Waals surface area contributed by atoms with Gasteiger partial charge in [0.25, 0.3) is 0 Å². The van der Waals surface area contributed by atoms with Gasteiger partial charge in [-0.05, 0) is 55.2 Å². The van der Waals surface area contributed by atoms with E-state index in [2.05, 4.69) is 21.2 Å². The number of nitrogens with one attached hydrogen (secondary N) is 1. The first kappa shape index (κ1) is 15.7. The number of carbonyl (C=O) groups is 1. The van der Waals surface area contributed by atoms with Gasteiger partial charge >= 0.3 is 0 Å². The van der Waals surface area contributed by atoms with Crippen molar-refractivity contribution in [3.05, 3.63) is 65.0 Å². The molecule has 1 unspecified atom stereocenters. The second-order valence-corrected chi connectivity index (χ2v) is 6.16. The second kappa shape index (κ2) is 6.85. The molecule has 0 aromatic heterocycles. The van der Waals surface area contributed by atoms with Crippen LogP contribution in [0.2, 0.25) is 0 Å². The molecule has 1 amide bonds. The van der Waals surface area contributed by atoms with Gasteiger partial charge in [0, 0.05) is 5.69 Å². The molecule has 0 radical (unpaired) electrons. The number of anilines is 1. The van der Waals surface area contributed by atoms with Crippen molar-refractivity contribution in [1.29, 1.82) is 0 Å². The molecule has 0 aliphatic rings. The van der Waals surface area contributed by atoms with Crippen molar-refractivity contribution in [2.24, 2.45) is 0 Å². The lowest BCUT2D eigenvalue weighted by molar-refractivity contribution is -0.115. The van der Waals surface area contributed by atoms with Crippen LogP contribution in [-0.2, 0) is 11.2 Å². The SMILES string of the molecule is Cc1ccc(NC(=O)C(Br)Cc2ccccc2F)cc1C. The molecule has 21 heavy (non-hydrogen) atoms.